The first-order chi connectivity index (χ1) is 10.2. The number of aryl methyl sites for hydroxylation is 1. The van der Waals surface area contributed by atoms with Gasteiger partial charge in [0.2, 0.25) is 0 Å². The van der Waals surface area contributed by atoms with Crippen LogP contribution < -0.4 is 5.32 Å². The summed E-state index contributed by atoms with van der Waals surface area (Å²) in [5.74, 6) is 1.07. The Kier molecular flexibility index (Phi) is 4.48. The Balaban J connectivity index is 1.47. The maximum atomic E-state index is 4.62. The highest BCUT2D eigenvalue weighted by atomic mass is 32.1. The number of hydrogen-bond acceptors (Lipinski definition) is 3. The zero-order chi connectivity index (χ0) is 14.7. The van der Waals surface area contributed by atoms with Gasteiger partial charge in [-0.1, -0.05) is 13.3 Å². The summed E-state index contributed by atoms with van der Waals surface area (Å²) in [5.41, 5.74) is 1.83. The molecule has 2 aliphatic rings. The second-order valence-corrected chi connectivity index (χ2v) is 7.28. The Hall–Kier alpha value is -1.10. The summed E-state index contributed by atoms with van der Waals surface area (Å²) in [5, 5.41) is 6.93. The summed E-state index contributed by atoms with van der Waals surface area (Å²) < 4.78 is 0. The van der Waals surface area contributed by atoms with E-state index in [0.717, 1.165) is 31.9 Å². The number of aliphatic imine (C=N–C) groups is 1. The van der Waals surface area contributed by atoms with E-state index in [-0.39, 0.29) is 0 Å². The lowest BCUT2D eigenvalue weighted by Gasteiger charge is -2.38. The largest absolute Gasteiger partial charge is 0.356 e. The minimum Gasteiger partial charge on any atom is -0.356 e. The Morgan fingerprint density at radius 1 is 1.48 bits per heavy atom. The Morgan fingerprint density at radius 2 is 2.33 bits per heavy atom. The lowest BCUT2D eigenvalue weighted by molar-refractivity contribution is 0.151. The van der Waals surface area contributed by atoms with Crippen LogP contribution in [0.25, 0.3) is 0 Å². The fourth-order valence-electron chi connectivity index (χ4n) is 3.46. The van der Waals surface area contributed by atoms with Crippen LogP contribution in [-0.2, 0) is 12.8 Å². The van der Waals surface area contributed by atoms with Gasteiger partial charge >= 0.3 is 0 Å². The number of aromatic nitrogens is 1. The average molecular weight is 306 g/mol. The number of guanidine groups is 1. The van der Waals surface area contributed by atoms with Gasteiger partial charge in [-0.15, -0.1) is 11.3 Å². The lowest BCUT2D eigenvalue weighted by Crippen LogP contribution is -2.43. The number of thiazole rings is 1. The Labute approximate surface area is 131 Å². The first kappa shape index (κ1) is 14.8. The van der Waals surface area contributed by atoms with Gasteiger partial charge in [-0.2, -0.15) is 0 Å². The maximum absolute atomic E-state index is 4.62. The van der Waals surface area contributed by atoms with Crippen LogP contribution in [0.4, 0.5) is 0 Å². The summed E-state index contributed by atoms with van der Waals surface area (Å²) in [6.07, 6.45) is 7.62. The zero-order valence-corrected chi connectivity index (χ0v) is 14.0. The van der Waals surface area contributed by atoms with Gasteiger partial charge in [0.15, 0.2) is 5.96 Å². The van der Waals surface area contributed by atoms with Crippen LogP contribution in [0.3, 0.4) is 0 Å². The summed E-state index contributed by atoms with van der Waals surface area (Å²) in [4.78, 5) is 11.5. The maximum Gasteiger partial charge on any atom is 0.193 e. The summed E-state index contributed by atoms with van der Waals surface area (Å²) in [6.45, 7) is 5.44. The van der Waals surface area contributed by atoms with E-state index in [2.05, 4.69) is 32.5 Å². The molecular weight excluding hydrogens is 280 g/mol. The monoisotopic (exact) mass is 306 g/mol. The van der Waals surface area contributed by atoms with Crippen molar-refractivity contribution in [2.75, 3.05) is 26.7 Å². The molecule has 0 bridgehead atoms. The second kappa shape index (κ2) is 6.34. The van der Waals surface area contributed by atoms with Gasteiger partial charge in [-0.3, -0.25) is 4.99 Å². The molecule has 2 fully saturated rings. The molecule has 0 radical (unpaired) electrons. The molecule has 5 heteroatoms. The van der Waals surface area contributed by atoms with Crippen molar-refractivity contribution in [3.05, 3.63) is 16.1 Å². The van der Waals surface area contributed by atoms with Crippen molar-refractivity contribution in [1.82, 2.24) is 15.2 Å². The highest BCUT2D eigenvalue weighted by molar-refractivity contribution is 7.09. The molecule has 1 aliphatic carbocycles. The molecule has 0 amide bonds. The highest BCUT2D eigenvalue weighted by Crippen LogP contribution is 2.47. The molecule has 1 spiro atoms. The van der Waals surface area contributed by atoms with E-state index in [9.17, 15) is 0 Å². The van der Waals surface area contributed by atoms with Gasteiger partial charge < -0.3 is 10.2 Å². The summed E-state index contributed by atoms with van der Waals surface area (Å²) >= 11 is 1.77. The zero-order valence-electron chi connectivity index (χ0n) is 13.2. The highest BCUT2D eigenvalue weighted by Gasteiger charge is 2.43. The fourth-order valence-corrected chi connectivity index (χ4v) is 4.24. The van der Waals surface area contributed by atoms with Crippen molar-refractivity contribution in [3.8, 4) is 0 Å². The number of hydrogen-bond donors (Lipinski definition) is 1. The molecule has 0 aromatic carbocycles. The van der Waals surface area contributed by atoms with E-state index in [0.29, 0.717) is 5.41 Å². The molecule has 1 N–H and O–H groups in total. The molecular formula is C16H26N4S. The second-order valence-electron chi connectivity index (χ2n) is 6.34. The van der Waals surface area contributed by atoms with E-state index in [1.165, 1.54) is 42.9 Å². The SMILES string of the molecule is CCc1nc(CCNC(=NC)N2CCC3(CCC3)C2)cs1. The third-order valence-corrected chi connectivity index (χ3v) is 5.97. The number of rotatable bonds is 4. The third-order valence-electron chi connectivity index (χ3n) is 4.93. The van der Waals surface area contributed by atoms with Crippen LogP contribution in [0.1, 0.15) is 43.3 Å². The van der Waals surface area contributed by atoms with E-state index in [4.69, 9.17) is 0 Å². The van der Waals surface area contributed by atoms with Crippen LogP contribution in [0.2, 0.25) is 0 Å². The molecule has 1 saturated carbocycles. The number of nitrogens with zero attached hydrogens (tertiary/aromatic N) is 3. The average Bonchev–Trinajstić information content (AvgIpc) is 3.10. The molecule has 116 valence electrons. The molecule has 2 heterocycles. The normalized spacial score (nSPS) is 20.9. The fraction of sp³-hybridized carbons (Fsp3) is 0.750. The van der Waals surface area contributed by atoms with Gasteiger partial charge in [-0.05, 0) is 31.1 Å². The lowest BCUT2D eigenvalue weighted by atomic mass is 9.68. The van der Waals surface area contributed by atoms with Crippen LogP contribution in [0.5, 0.6) is 0 Å². The van der Waals surface area contributed by atoms with Gasteiger partial charge in [0.05, 0.1) is 10.7 Å². The molecule has 1 aromatic heterocycles. The van der Waals surface area contributed by atoms with Crippen molar-refractivity contribution in [2.45, 2.75) is 45.4 Å². The predicted octanol–water partition coefficient (Wildman–Crippen LogP) is 2.70. The summed E-state index contributed by atoms with van der Waals surface area (Å²) in [6, 6.07) is 0. The predicted molar refractivity (Wildman–Crippen MR) is 89.0 cm³/mol. The Bertz CT molecular complexity index is 504. The van der Waals surface area contributed by atoms with E-state index >= 15 is 0 Å². The number of nitrogens with one attached hydrogen (secondary N) is 1. The molecule has 3 rings (SSSR count). The van der Waals surface area contributed by atoms with Gasteiger partial charge in [0.1, 0.15) is 0 Å². The molecule has 1 saturated heterocycles. The van der Waals surface area contributed by atoms with Crippen LogP contribution in [0.15, 0.2) is 10.4 Å². The van der Waals surface area contributed by atoms with Gasteiger partial charge in [0, 0.05) is 38.5 Å². The molecule has 21 heavy (non-hydrogen) atoms. The van der Waals surface area contributed by atoms with Gasteiger partial charge in [0.25, 0.3) is 0 Å². The first-order valence-corrected chi connectivity index (χ1v) is 9.01. The quantitative estimate of drug-likeness (QED) is 0.687. The van der Waals surface area contributed by atoms with E-state index in [1.54, 1.807) is 11.3 Å². The summed E-state index contributed by atoms with van der Waals surface area (Å²) in [7, 11) is 1.89. The van der Waals surface area contributed by atoms with Crippen molar-refractivity contribution >= 4 is 17.3 Å². The topological polar surface area (TPSA) is 40.5 Å². The van der Waals surface area contributed by atoms with Crippen molar-refractivity contribution in [3.63, 3.8) is 0 Å². The first-order valence-electron chi connectivity index (χ1n) is 8.13. The van der Waals surface area contributed by atoms with E-state index < -0.39 is 0 Å². The van der Waals surface area contributed by atoms with Crippen molar-refractivity contribution < 1.29 is 0 Å². The molecule has 1 aromatic rings. The standard InChI is InChI=1S/C16H26N4S/c1-3-14-19-13(11-21-14)5-9-18-15(17-2)20-10-8-16(12-20)6-4-7-16/h11H,3-10,12H2,1-2H3,(H,17,18). The minimum absolute atomic E-state index is 0.628. The van der Waals surface area contributed by atoms with Crippen molar-refractivity contribution in [1.29, 1.82) is 0 Å². The smallest absolute Gasteiger partial charge is 0.193 e. The molecule has 1 aliphatic heterocycles. The Morgan fingerprint density at radius 3 is 2.90 bits per heavy atom. The molecule has 0 atom stereocenters. The van der Waals surface area contributed by atoms with Gasteiger partial charge in [-0.25, -0.2) is 4.98 Å². The van der Waals surface area contributed by atoms with E-state index in [1.807, 2.05) is 7.05 Å². The molecule has 4 nitrogen and oxygen atoms in total. The molecule has 0 unspecified atom stereocenters. The third kappa shape index (κ3) is 3.23. The van der Waals surface area contributed by atoms with Crippen LogP contribution >= 0.6 is 11.3 Å². The van der Waals surface area contributed by atoms with Crippen LogP contribution in [-0.4, -0.2) is 42.5 Å². The van der Waals surface area contributed by atoms with Crippen LogP contribution in [0, 0.1) is 5.41 Å². The van der Waals surface area contributed by atoms with Crippen molar-refractivity contribution in [2.24, 2.45) is 10.4 Å². The minimum atomic E-state index is 0.628. The number of likely N-dealkylation sites (tertiary alicyclic amines) is 1.